The van der Waals surface area contributed by atoms with Gasteiger partial charge in [-0.25, -0.2) is 4.98 Å². The molecular weight excluding hydrogens is 262 g/mol. The van der Waals surface area contributed by atoms with Gasteiger partial charge in [0.15, 0.2) is 0 Å². The number of nitrogens with zero attached hydrogens (tertiary/aromatic N) is 2. The summed E-state index contributed by atoms with van der Waals surface area (Å²) in [6.07, 6.45) is 0.771. The van der Waals surface area contributed by atoms with Crippen molar-refractivity contribution < 1.29 is 4.92 Å². The monoisotopic (exact) mass is 279 g/mol. The molecule has 6 heteroatoms. The molecule has 2 rings (SSSR count). The second-order valence-electron chi connectivity index (χ2n) is 4.74. The molecule has 19 heavy (non-hydrogen) atoms. The molecule has 0 bridgehead atoms. The van der Waals surface area contributed by atoms with Crippen molar-refractivity contribution in [3.63, 3.8) is 0 Å². The maximum atomic E-state index is 11.3. The van der Waals surface area contributed by atoms with Crippen molar-refractivity contribution in [2.45, 2.75) is 39.2 Å². The normalized spacial score (nSPS) is 14.5. The predicted octanol–water partition coefficient (Wildman–Crippen LogP) is 3.35. The maximum Gasteiger partial charge on any atom is 0.274 e. The third kappa shape index (κ3) is 2.59. The number of nitro groups is 1. The van der Waals surface area contributed by atoms with Crippen LogP contribution in [-0.2, 0) is 0 Å². The molecule has 2 N–H and O–H groups in total. The smallest absolute Gasteiger partial charge is 0.274 e. The van der Waals surface area contributed by atoms with Crippen molar-refractivity contribution in [1.29, 1.82) is 0 Å². The Morgan fingerprint density at radius 3 is 2.74 bits per heavy atom. The van der Waals surface area contributed by atoms with Gasteiger partial charge in [0.25, 0.3) is 5.69 Å². The van der Waals surface area contributed by atoms with Crippen LogP contribution in [0, 0.1) is 17.0 Å². The molecule has 2 atom stereocenters. The van der Waals surface area contributed by atoms with E-state index in [1.54, 1.807) is 6.07 Å². The summed E-state index contributed by atoms with van der Waals surface area (Å²) in [6, 6.07) is 3.33. The SMILES string of the molecule is CCC(c1cc2nc(C)sc2cc1[N+](=O)[O-])C(C)N. The van der Waals surface area contributed by atoms with Gasteiger partial charge in [-0.3, -0.25) is 10.1 Å². The standard InChI is InChI=1S/C13H17N3O2S/c1-4-9(7(2)14)10-5-11-13(19-8(3)15-11)6-12(10)16(17)18/h5-7,9H,4,14H2,1-3H3. The summed E-state index contributed by atoms with van der Waals surface area (Å²) in [7, 11) is 0. The first-order valence-corrected chi connectivity index (χ1v) is 7.06. The van der Waals surface area contributed by atoms with Crippen molar-refractivity contribution >= 4 is 27.2 Å². The van der Waals surface area contributed by atoms with Crippen molar-refractivity contribution in [3.05, 3.63) is 32.8 Å². The zero-order valence-electron chi connectivity index (χ0n) is 11.2. The number of fused-ring (bicyclic) bond motifs is 1. The fourth-order valence-corrected chi connectivity index (χ4v) is 3.27. The van der Waals surface area contributed by atoms with Gasteiger partial charge in [0.2, 0.25) is 0 Å². The fourth-order valence-electron chi connectivity index (χ4n) is 2.42. The van der Waals surface area contributed by atoms with Crippen LogP contribution in [-0.4, -0.2) is 15.9 Å². The molecule has 0 saturated carbocycles. The van der Waals surface area contributed by atoms with E-state index in [2.05, 4.69) is 4.98 Å². The lowest BCUT2D eigenvalue weighted by molar-refractivity contribution is -0.385. The lowest BCUT2D eigenvalue weighted by Crippen LogP contribution is -2.24. The highest BCUT2D eigenvalue weighted by Gasteiger charge is 2.25. The van der Waals surface area contributed by atoms with E-state index < -0.39 is 0 Å². The Labute approximate surface area is 115 Å². The summed E-state index contributed by atoms with van der Waals surface area (Å²) < 4.78 is 0.854. The highest BCUT2D eigenvalue weighted by Crippen LogP contribution is 2.36. The number of aryl methyl sites for hydroxylation is 1. The van der Waals surface area contributed by atoms with E-state index in [1.807, 2.05) is 26.8 Å². The molecule has 1 aromatic carbocycles. The zero-order chi connectivity index (χ0) is 14.2. The minimum Gasteiger partial charge on any atom is -0.327 e. The lowest BCUT2D eigenvalue weighted by atomic mass is 9.89. The van der Waals surface area contributed by atoms with Gasteiger partial charge in [0.1, 0.15) is 0 Å². The van der Waals surface area contributed by atoms with Crippen molar-refractivity contribution in [3.8, 4) is 0 Å². The fraction of sp³-hybridized carbons (Fsp3) is 0.462. The number of benzene rings is 1. The van der Waals surface area contributed by atoms with Crippen LogP contribution in [0.2, 0.25) is 0 Å². The van der Waals surface area contributed by atoms with Gasteiger partial charge < -0.3 is 5.73 Å². The molecule has 0 fully saturated rings. The minimum absolute atomic E-state index is 0.0215. The molecule has 1 heterocycles. The second kappa shape index (κ2) is 5.22. The third-order valence-electron chi connectivity index (χ3n) is 3.31. The summed E-state index contributed by atoms with van der Waals surface area (Å²) in [6.45, 7) is 5.78. The average molecular weight is 279 g/mol. The Morgan fingerprint density at radius 1 is 1.53 bits per heavy atom. The quantitative estimate of drug-likeness (QED) is 0.687. The lowest BCUT2D eigenvalue weighted by Gasteiger charge is -2.19. The van der Waals surface area contributed by atoms with Crippen LogP contribution in [0.1, 0.15) is 36.8 Å². The molecule has 0 aliphatic rings. The number of hydrogen-bond donors (Lipinski definition) is 1. The zero-order valence-corrected chi connectivity index (χ0v) is 12.0. The van der Waals surface area contributed by atoms with Crippen LogP contribution < -0.4 is 5.73 Å². The second-order valence-corrected chi connectivity index (χ2v) is 5.98. The Morgan fingerprint density at radius 2 is 2.21 bits per heavy atom. The minimum atomic E-state index is -0.325. The molecule has 0 amide bonds. The summed E-state index contributed by atoms with van der Waals surface area (Å²) in [5.74, 6) is -0.0215. The highest BCUT2D eigenvalue weighted by atomic mass is 32.1. The Bertz CT molecular complexity index is 622. The van der Waals surface area contributed by atoms with E-state index in [0.29, 0.717) is 5.56 Å². The van der Waals surface area contributed by atoms with Gasteiger partial charge in [0.05, 0.1) is 20.1 Å². The number of aromatic nitrogens is 1. The Hall–Kier alpha value is -1.53. The number of thiazole rings is 1. The average Bonchev–Trinajstić information content (AvgIpc) is 2.67. The first-order chi connectivity index (χ1) is 8.93. The van der Waals surface area contributed by atoms with Gasteiger partial charge in [0, 0.05) is 23.6 Å². The van der Waals surface area contributed by atoms with Crippen LogP contribution >= 0.6 is 11.3 Å². The molecule has 0 aliphatic heterocycles. The summed E-state index contributed by atoms with van der Waals surface area (Å²) in [5, 5.41) is 12.2. The first-order valence-electron chi connectivity index (χ1n) is 6.25. The first kappa shape index (κ1) is 13.9. The molecule has 0 radical (unpaired) electrons. The van der Waals surface area contributed by atoms with Crippen molar-refractivity contribution in [2.24, 2.45) is 5.73 Å². The van der Waals surface area contributed by atoms with Crippen LogP contribution in [0.15, 0.2) is 12.1 Å². The van der Waals surface area contributed by atoms with E-state index >= 15 is 0 Å². The predicted molar refractivity (Wildman–Crippen MR) is 77.7 cm³/mol. The van der Waals surface area contributed by atoms with Gasteiger partial charge in [-0.2, -0.15) is 0 Å². The van der Waals surface area contributed by atoms with Gasteiger partial charge in [-0.05, 0) is 26.3 Å². The number of nitro benzene ring substituents is 1. The molecule has 102 valence electrons. The Balaban J connectivity index is 2.68. The summed E-state index contributed by atoms with van der Waals surface area (Å²) >= 11 is 1.47. The summed E-state index contributed by atoms with van der Waals surface area (Å²) in [4.78, 5) is 15.3. The van der Waals surface area contributed by atoms with Crippen LogP contribution in [0.25, 0.3) is 10.2 Å². The van der Waals surface area contributed by atoms with Gasteiger partial charge >= 0.3 is 0 Å². The van der Waals surface area contributed by atoms with E-state index in [-0.39, 0.29) is 22.6 Å². The summed E-state index contributed by atoms with van der Waals surface area (Å²) in [5.41, 5.74) is 7.63. The maximum absolute atomic E-state index is 11.3. The van der Waals surface area contributed by atoms with Gasteiger partial charge in [-0.1, -0.05) is 6.92 Å². The number of nitrogens with two attached hydrogens (primary N) is 1. The largest absolute Gasteiger partial charge is 0.327 e. The van der Waals surface area contributed by atoms with E-state index in [4.69, 9.17) is 5.73 Å². The molecule has 0 saturated heterocycles. The van der Waals surface area contributed by atoms with Gasteiger partial charge in [-0.15, -0.1) is 11.3 Å². The molecule has 1 aromatic heterocycles. The number of hydrogen-bond acceptors (Lipinski definition) is 5. The topological polar surface area (TPSA) is 82.0 Å². The Kier molecular flexibility index (Phi) is 3.82. The molecule has 2 unspecified atom stereocenters. The molecule has 2 aromatic rings. The van der Waals surface area contributed by atoms with Crippen LogP contribution in [0.4, 0.5) is 5.69 Å². The number of rotatable bonds is 4. The van der Waals surface area contributed by atoms with E-state index in [0.717, 1.165) is 21.6 Å². The molecular formula is C13H17N3O2S. The van der Waals surface area contributed by atoms with Crippen molar-refractivity contribution in [1.82, 2.24) is 4.98 Å². The van der Waals surface area contributed by atoms with E-state index in [9.17, 15) is 10.1 Å². The highest BCUT2D eigenvalue weighted by molar-refractivity contribution is 7.18. The van der Waals surface area contributed by atoms with Crippen LogP contribution in [0.5, 0.6) is 0 Å². The van der Waals surface area contributed by atoms with Crippen molar-refractivity contribution in [2.75, 3.05) is 0 Å². The van der Waals surface area contributed by atoms with Crippen LogP contribution in [0.3, 0.4) is 0 Å². The van der Waals surface area contributed by atoms with E-state index in [1.165, 1.54) is 11.3 Å². The molecule has 0 spiro atoms. The molecule has 5 nitrogen and oxygen atoms in total. The third-order valence-corrected chi connectivity index (χ3v) is 4.25. The molecule has 0 aliphatic carbocycles.